The largest absolute Gasteiger partial charge is 0.491 e. The zero-order chi connectivity index (χ0) is 25.9. The van der Waals surface area contributed by atoms with Crippen LogP contribution in [0.5, 0.6) is 5.75 Å². The van der Waals surface area contributed by atoms with E-state index in [1.165, 1.54) is 25.0 Å². The number of rotatable bonds is 9. The van der Waals surface area contributed by atoms with E-state index in [-0.39, 0.29) is 11.7 Å². The lowest BCUT2D eigenvalue weighted by atomic mass is 9.95. The fraction of sp³-hybridized carbons (Fsp3) is 0.290. The minimum absolute atomic E-state index is 0.237. The van der Waals surface area contributed by atoms with Gasteiger partial charge in [0.25, 0.3) is 0 Å². The van der Waals surface area contributed by atoms with Gasteiger partial charge in [-0.3, -0.25) is 4.98 Å². The summed E-state index contributed by atoms with van der Waals surface area (Å²) in [6.07, 6.45) is 6.21. The fourth-order valence-electron chi connectivity index (χ4n) is 4.91. The third kappa shape index (κ3) is 5.47. The van der Waals surface area contributed by atoms with Crippen LogP contribution in [0.3, 0.4) is 0 Å². The van der Waals surface area contributed by atoms with E-state index >= 15 is 0 Å². The summed E-state index contributed by atoms with van der Waals surface area (Å²) >= 11 is 6.56. The van der Waals surface area contributed by atoms with Crippen LogP contribution in [-0.4, -0.2) is 23.1 Å². The predicted octanol–water partition coefficient (Wildman–Crippen LogP) is 7.94. The summed E-state index contributed by atoms with van der Waals surface area (Å²) in [4.78, 5) is 9.52. The Morgan fingerprint density at radius 2 is 1.97 bits per heavy atom. The van der Waals surface area contributed by atoms with Gasteiger partial charge in [0.1, 0.15) is 17.3 Å². The summed E-state index contributed by atoms with van der Waals surface area (Å²) < 4.78 is 19.6. The quantitative estimate of drug-likeness (QED) is 0.246. The highest BCUT2D eigenvalue weighted by molar-refractivity contribution is 6.35. The normalized spacial score (nSPS) is 14.6. The third-order valence-corrected chi connectivity index (χ3v) is 7.21. The molecule has 4 nitrogen and oxygen atoms in total. The van der Waals surface area contributed by atoms with E-state index in [0.29, 0.717) is 17.5 Å². The van der Waals surface area contributed by atoms with Crippen LogP contribution in [-0.2, 0) is 0 Å². The third-order valence-electron chi connectivity index (χ3n) is 6.93. The smallest absolute Gasteiger partial charge is 0.148 e. The Hall–Kier alpha value is -3.44. The van der Waals surface area contributed by atoms with Crippen LogP contribution in [0.1, 0.15) is 49.4 Å². The molecule has 0 bridgehead atoms. The lowest BCUT2D eigenvalue weighted by Crippen LogP contribution is -2.23. The molecule has 2 aromatic carbocycles. The lowest BCUT2D eigenvalue weighted by molar-refractivity contribution is 0.337. The number of pyridine rings is 2. The minimum Gasteiger partial charge on any atom is -0.491 e. The summed E-state index contributed by atoms with van der Waals surface area (Å²) in [5, 5.41) is 5.34. The average Bonchev–Trinajstić information content (AvgIpc) is 3.74. The molecule has 1 atom stereocenters. The van der Waals surface area contributed by atoms with Crippen molar-refractivity contribution in [3.8, 4) is 17.0 Å². The number of nitrogens with one attached hydrogen (secondary N) is 1. The Kier molecular flexibility index (Phi) is 7.43. The van der Waals surface area contributed by atoms with Gasteiger partial charge in [0.2, 0.25) is 0 Å². The summed E-state index contributed by atoms with van der Waals surface area (Å²) in [5.74, 6) is 1.30. The molecule has 0 amide bonds. The van der Waals surface area contributed by atoms with Crippen LogP contribution >= 0.6 is 11.6 Å². The highest BCUT2D eigenvalue weighted by atomic mass is 35.5. The van der Waals surface area contributed by atoms with E-state index < -0.39 is 0 Å². The van der Waals surface area contributed by atoms with Crippen LogP contribution in [0.25, 0.3) is 27.9 Å². The van der Waals surface area contributed by atoms with Gasteiger partial charge in [-0.15, -0.1) is 0 Å². The number of aromatic nitrogens is 2. The SMILES string of the molecule is CC=C(NCC(c1cc(C)c(OCC)c(-c2ccc(F)cc2)n1)C1CC1)c1cc(Cl)c2ncccc2c1. The molecule has 37 heavy (non-hydrogen) atoms. The van der Waals surface area contributed by atoms with E-state index in [9.17, 15) is 4.39 Å². The van der Waals surface area contributed by atoms with E-state index in [1.807, 2.05) is 32.0 Å². The van der Waals surface area contributed by atoms with Crippen LogP contribution in [0, 0.1) is 18.7 Å². The molecular formula is C31H31ClFN3O. The standard InChI is InChI=1S/C31H31ClFN3O/c1-4-27(23-16-22-7-6-14-34-29(22)26(32)17-23)35-18-25(20-8-9-20)28-15-19(3)31(37-5-2)30(36-28)21-10-12-24(33)13-11-21/h4,6-7,10-17,20,25,35H,5,8-9,18H2,1-3H3. The second-order valence-corrected chi connectivity index (χ2v) is 9.95. The van der Waals surface area contributed by atoms with Gasteiger partial charge < -0.3 is 10.1 Å². The van der Waals surface area contributed by atoms with Gasteiger partial charge in [-0.2, -0.15) is 0 Å². The van der Waals surface area contributed by atoms with Crippen molar-refractivity contribution in [3.05, 3.63) is 94.5 Å². The van der Waals surface area contributed by atoms with E-state index in [1.54, 1.807) is 18.3 Å². The van der Waals surface area contributed by atoms with Crippen molar-refractivity contribution >= 4 is 28.2 Å². The number of benzene rings is 2. The Bertz CT molecular complexity index is 1450. The molecule has 1 fully saturated rings. The maximum atomic E-state index is 13.6. The Balaban J connectivity index is 1.46. The van der Waals surface area contributed by atoms with Gasteiger partial charge in [-0.1, -0.05) is 23.7 Å². The number of hydrogen-bond donors (Lipinski definition) is 1. The van der Waals surface area contributed by atoms with E-state index in [4.69, 9.17) is 21.3 Å². The monoisotopic (exact) mass is 515 g/mol. The molecule has 0 radical (unpaired) electrons. The average molecular weight is 516 g/mol. The first-order valence-electron chi connectivity index (χ1n) is 12.8. The highest BCUT2D eigenvalue weighted by Crippen LogP contribution is 2.44. The van der Waals surface area contributed by atoms with Crippen LogP contribution < -0.4 is 10.1 Å². The zero-order valence-electron chi connectivity index (χ0n) is 21.4. The van der Waals surface area contributed by atoms with Crippen molar-refractivity contribution < 1.29 is 9.13 Å². The van der Waals surface area contributed by atoms with Crippen molar-refractivity contribution in [2.45, 2.75) is 39.5 Å². The van der Waals surface area contributed by atoms with Crippen molar-refractivity contribution in [1.82, 2.24) is 15.3 Å². The van der Waals surface area contributed by atoms with Gasteiger partial charge in [-0.05, 0) is 99.2 Å². The molecule has 1 aliphatic rings. The Morgan fingerprint density at radius 3 is 2.68 bits per heavy atom. The zero-order valence-corrected chi connectivity index (χ0v) is 22.1. The predicted molar refractivity (Wildman–Crippen MR) is 149 cm³/mol. The maximum Gasteiger partial charge on any atom is 0.148 e. The molecule has 6 heteroatoms. The van der Waals surface area contributed by atoms with Gasteiger partial charge >= 0.3 is 0 Å². The van der Waals surface area contributed by atoms with Gasteiger partial charge in [0, 0.05) is 41.0 Å². The van der Waals surface area contributed by atoms with Crippen LogP contribution in [0.15, 0.2) is 66.9 Å². The Morgan fingerprint density at radius 1 is 1.19 bits per heavy atom. The van der Waals surface area contributed by atoms with Crippen molar-refractivity contribution in [1.29, 1.82) is 0 Å². The molecule has 2 heterocycles. The molecule has 1 saturated carbocycles. The first kappa shape index (κ1) is 25.2. The molecule has 4 aromatic rings. The topological polar surface area (TPSA) is 47.0 Å². The number of allylic oxidation sites excluding steroid dienone is 1. The van der Waals surface area contributed by atoms with Crippen LogP contribution in [0.4, 0.5) is 4.39 Å². The number of halogens is 2. The van der Waals surface area contributed by atoms with Gasteiger partial charge in [0.05, 0.1) is 17.1 Å². The second kappa shape index (κ2) is 10.9. The molecule has 0 aliphatic heterocycles. The first-order chi connectivity index (χ1) is 18.0. The fourth-order valence-corrected chi connectivity index (χ4v) is 5.19. The maximum absolute atomic E-state index is 13.6. The number of fused-ring (bicyclic) bond motifs is 1. The lowest BCUT2D eigenvalue weighted by Gasteiger charge is -2.22. The molecule has 0 spiro atoms. The minimum atomic E-state index is -0.266. The van der Waals surface area contributed by atoms with Gasteiger partial charge in [-0.25, -0.2) is 9.37 Å². The second-order valence-electron chi connectivity index (χ2n) is 9.54. The molecule has 190 valence electrons. The first-order valence-corrected chi connectivity index (χ1v) is 13.2. The molecular weight excluding hydrogens is 485 g/mol. The molecule has 0 saturated heterocycles. The summed E-state index contributed by atoms with van der Waals surface area (Å²) in [6, 6.07) is 16.7. The van der Waals surface area contributed by atoms with Crippen LogP contribution in [0.2, 0.25) is 5.02 Å². The number of nitrogens with zero attached hydrogens (tertiary/aromatic N) is 2. The van der Waals surface area contributed by atoms with E-state index in [0.717, 1.165) is 57.0 Å². The summed E-state index contributed by atoms with van der Waals surface area (Å²) in [6.45, 7) is 7.34. The van der Waals surface area contributed by atoms with Gasteiger partial charge in [0.15, 0.2) is 0 Å². The van der Waals surface area contributed by atoms with Crippen molar-refractivity contribution in [3.63, 3.8) is 0 Å². The molecule has 2 aromatic heterocycles. The van der Waals surface area contributed by atoms with E-state index in [2.05, 4.69) is 35.4 Å². The number of ether oxygens (including phenoxy) is 1. The summed E-state index contributed by atoms with van der Waals surface area (Å²) in [5.41, 5.74) is 6.56. The highest BCUT2D eigenvalue weighted by Gasteiger charge is 2.34. The number of hydrogen-bond acceptors (Lipinski definition) is 4. The van der Waals surface area contributed by atoms with Crippen molar-refractivity contribution in [2.24, 2.45) is 5.92 Å². The molecule has 1 aliphatic carbocycles. The summed E-state index contributed by atoms with van der Waals surface area (Å²) in [7, 11) is 0. The molecule has 1 N–H and O–H groups in total. The molecule has 1 unspecified atom stereocenters. The number of aryl methyl sites for hydroxylation is 1. The molecule has 5 rings (SSSR count). The Labute approximate surface area is 222 Å². The van der Waals surface area contributed by atoms with Crippen molar-refractivity contribution in [2.75, 3.05) is 13.2 Å².